The standard InChI is InChI=1S/C14H18N2O2/c1-4-5-11-13(14(15)18-16-11)10-8-9(2)6-7-12(10)17-3/h6-8H,4-5,15H2,1-3H3. The van der Waals surface area contributed by atoms with E-state index in [4.69, 9.17) is 15.0 Å². The quantitative estimate of drug-likeness (QED) is 0.899. The van der Waals surface area contributed by atoms with Gasteiger partial charge in [0.1, 0.15) is 5.75 Å². The Kier molecular flexibility index (Phi) is 3.55. The van der Waals surface area contributed by atoms with Crippen molar-refractivity contribution in [1.29, 1.82) is 0 Å². The first-order valence-electron chi connectivity index (χ1n) is 6.06. The molecule has 1 heterocycles. The number of aromatic nitrogens is 1. The molecule has 2 aromatic rings. The van der Waals surface area contributed by atoms with Gasteiger partial charge in [-0.2, -0.15) is 0 Å². The average molecular weight is 246 g/mol. The summed E-state index contributed by atoms with van der Waals surface area (Å²) >= 11 is 0. The second kappa shape index (κ2) is 5.12. The fourth-order valence-electron chi connectivity index (χ4n) is 2.05. The van der Waals surface area contributed by atoms with Crippen LogP contribution in [0.5, 0.6) is 5.75 Å². The summed E-state index contributed by atoms with van der Waals surface area (Å²) < 4.78 is 10.5. The Morgan fingerprint density at radius 3 is 2.83 bits per heavy atom. The van der Waals surface area contributed by atoms with E-state index in [2.05, 4.69) is 12.1 Å². The summed E-state index contributed by atoms with van der Waals surface area (Å²) in [6.07, 6.45) is 1.83. The Balaban J connectivity index is 2.60. The molecule has 1 aromatic heterocycles. The number of benzene rings is 1. The minimum atomic E-state index is 0.349. The number of nitrogen functional groups attached to an aromatic ring is 1. The van der Waals surface area contributed by atoms with Crippen LogP contribution in [0, 0.1) is 6.92 Å². The van der Waals surface area contributed by atoms with Gasteiger partial charge in [0.2, 0.25) is 5.88 Å². The predicted octanol–water partition coefficient (Wildman–Crippen LogP) is 3.19. The van der Waals surface area contributed by atoms with Crippen molar-refractivity contribution in [3.63, 3.8) is 0 Å². The highest BCUT2D eigenvalue weighted by molar-refractivity contribution is 5.80. The van der Waals surface area contributed by atoms with Gasteiger partial charge in [-0.05, 0) is 25.5 Å². The van der Waals surface area contributed by atoms with Crippen molar-refractivity contribution >= 4 is 5.88 Å². The van der Waals surface area contributed by atoms with Gasteiger partial charge in [-0.25, -0.2) is 0 Å². The van der Waals surface area contributed by atoms with E-state index in [1.54, 1.807) is 7.11 Å². The molecule has 0 atom stereocenters. The zero-order valence-corrected chi connectivity index (χ0v) is 11.0. The van der Waals surface area contributed by atoms with Gasteiger partial charge in [-0.1, -0.05) is 30.1 Å². The number of nitrogens with two attached hydrogens (primary N) is 1. The van der Waals surface area contributed by atoms with Crippen molar-refractivity contribution in [3.8, 4) is 16.9 Å². The molecule has 0 saturated heterocycles. The maximum Gasteiger partial charge on any atom is 0.230 e. The first kappa shape index (κ1) is 12.5. The Morgan fingerprint density at radius 2 is 2.17 bits per heavy atom. The summed E-state index contributed by atoms with van der Waals surface area (Å²) in [6, 6.07) is 5.99. The number of hydrogen-bond acceptors (Lipinski definition) is 4. The summed E-state index contributed by atoms with van der Waals surface area (Å²) in [6.45, 7) is 4.13. The number of aryl methyl sites for hydroxylation is 2. The summed E-state index contributed by atoms with van der Waals surface area (Å²) in [4.78, 5) is 0. The molecule has 0 aliphatic rings. The number of nitrogens with zero attached hydrogens (tertiary/aromatic N) is 1. The predicted molar refractivity (Wildman–Crippen MR) is 71.6 cm³/mol. The second-order valence-electron chi connectivity index (χ2n) is 4.32. The Labute approximate surface area is 107 Å². The van der Waals surface area contributed by atoms with E-state index in [-0.39, 0.29) is 0 Å². The van der Waals surface area contributed by atoms with Crippen LogP contribution in [-0.4, -0.2) is 12.3 Å². The minimum absolute atomic E-state index is 0.349. The summed E-state index contributed by atoms with van der Waals surface area (Å²) in [5.74, 6) is 1.13. The van der Waals surface area contributed by atoms with E-state index in [0.29, 0.717) is 5.88 Å². The van der Waals surface area contributed by atoms with Crippen LogP contribution < -0.4 is 10.5 Å². The lowest BCUT2D eigenvalue weighted by Crippen LogP contribution is -1.94. The van der Waals surface area contributed by atoms with Crippen LogP contribution in [0.3, 0.4) is 0 Å². The van der Waals surface area contributed by atoms with Gasteiger partial charge >= 0.3 is 0 Å². The van der Waals surface area contributed by atoms with E-state index in [1.807, 2.05) is 25.1 Å². The van der Waals surface area contributed by atoms with Crippen LogP contribution in [0.4, 0.5) is 5.88 Å². The molecule has 0 spiro atoms. The van der Waals surface area contributed by atoms with E-state index < -0.39 is 0 Å². The molecule has 0 amide bonds. The van der Waals surface area contributed by atoms with Gasteiger partial charge in [-0.15, -0.1) is 0 Å². The number of methoxy groups -OCH3 is 1. The molecule has 2 rings (SSSR count). The highest BCUT2D eigenvalue weighted by Gasteiger charge is 2.18. The van der Waals surface area contributed by atoms with Crippen LogP contribution in [0.15, 0.2) is 22.7 Å². The highest BCUT2D eigenvalue weighted by atomic mass is 16.5. The number of anilines is 1. The van der Waals surface area contributed by atoms with E-state index in [1.165, 1.54) is 0 Å². The van der Waals surface area contributed by atoms with Crippen LogP contribution in [0.1, 0.15) is 24.6 Å². The molecule has 0 unspecified atom stereocenters. The molecule has 18 heavy (non-hydrogen) atoms. The Hall–Kier alpha value is -1.97. The Bertz CT molecular complexity index is 547. The minimum Gasteiger partial charge on any atom is -0.496 e. The zero-order chi connectivity index (χ0) is 13.1. The largest absolute Gasteiger partial charge is 0.496 e. The normalized spacial score (nSPS) is 10.6. The highest BCUT2D eigenvalue weighted by Crippen LogP contribution is 2.37. The van der Waals surface area contributed by atoms with Crippen LogP contribution >= 0.6 is 0 Å². The maximum atomic E-state index is 5.89. The maximum absolute atomic E-state index is 5.89. The summed E-state index contributed by atoms with van der Waals surface area (Å²) in [5, 5.41) is 4.03. The molecule has 4 nitrogen and oxygen atoms in total. The molecule has 0 bridgehead atoms. The summed E-state index contributed by atoms with van der Waals surface area (Å²) in [7, 11) is 1.65. The van der Waals surface area contributed by atoms with Gasteiger partial charge in [0.25, 0.3) is 0 Å². The molecule has 0 aliphatic heterocycles. The molecule has 2 N–H and O–H groups in total. The molecule has 0 fully saturated rings. The topological polar surface area (TPSA) is 61.3 Å². The van der Waals surface area contributed by atoms with Gasteiger partial charge in [0.15, 0.2) is 0 Å². The van der Waals surface area contributed by atoms with E-state index in [9.17, 15) is 0 Å². The van der Waals surface area contributed by atoms with Crippen molar-refractivity contribution in [2.45, 2.75) is 26.7 Å². The fraction of sp³-hybridized carbons (Fsp3) is 0.357. The first-order chi connectivity index (χ1) is 8.67. The van der Waals surface area contributed by atoms with Crippen molar-refractivity contribution < 1.29 is 9.26 Å². The van der Waals surface area contributed by atoms with Crippen molar-refractivity contribution in [2.24, 2.45) is 0 Å². The molecular formula is C14H18N2O2. The molecule has 0 saturated carbocycles. The van der Waals surface area contributed by atoms with E-state index >= 15 is 0 Å². The molecule has 96 valence electrons. The van der Waals surface area contributed by atoms with Crippen LogP contribution in [0.2, 0.25) is 0 Å². The Morgan fingerprint density at radius 1 is 1.39 bits per heavy atom. The monoisotopic (exact) mass is 246 g/mol. The SMILES string of the molecule is CCCc1noc(N)c1-c1cc(C)ccc1OC. The van der Waals surface area contributed by atoms with Crippen molar-refractivity contribution in [2.75, 3.05) is 12.8 Å². The third kappa shape index (κ3) is 2.18. The fourth-order valence-corrected chi connectivity index (χ4v) is 2.05. The number of hydrogen-bond donors (Lipinski definition) is 1. The molecule has 0 aliphatic carbocycles. The third-order valence-corrected chi connectivity index (χ3v) is 2.90. The number of ether oxygens (including phenoxy) is 1. The van der Waals surface area contributed by atoms with Gasteiger partial charge in [0, 0.05) is 5.56 Å². The molecule has 0 radical (unpaired) electrons. The molecule has 4 heteroatoms. The van der Waals surface area contributed by atoms with E-state index in [0.717, 1.165) is 41.0 Å². The zero-order valence-electron chi connectivity index (χ0n) is 11.0. The van der Waals surface area contributed by atoms with Gasteiger partial charge in [0.05, 0.1) is 18.4 Å². The number of rotatable bonds is 4. The van der Waals surface area contributed by atoms with Crippen LogP contribution in [0.25, 0.3) is 11.1 Å². The third-order valence-electron chi connectivity index (χ3n) is 2.90. The average Bonchev–Trinajstić information content (AvgIpc) is 2.71. The van der Waals surface area contributed by atoms with Crippen molar-refractivity contribution in [3.05, 3.63) is 29.5 Å². The lowest BCUT2D eigenvalue weighted by molar-refractivity contribution is 0.416. The van der Waals surface area contributed by atoms with Crippen molar-refractivity contribution in [1.82, 2.24) is 5.16 Å². The second-order valence-corrected chi connectivity index (χ2v) is 4.32. The molecular weight excluding hydrogens is 228 g/mol. The first-order valence-corrected chi connectivity index (χ1v) is 6.06. The summed E-state index contributed by atoms with van der Waals surface area (Å²) in [5.41, 5.74) is 9.73. The van der Waals surface area contributed by atoms with Gasteiger partial charge in [-0.3, -0.25) is 0 Å². The smallest absolute Gasteiger partial charge is 0.230 e. The van der Waals surface area contributed by atoms with Gasteiger partial charge < -0.3 is 15.0 Å². The van der Waals surface area contributed by atoms with Crippen LogP contribution in [-0.2, 0) is 6.42 Å². The lowest BCUT2D eigenvalue weighted by Gasteiger charge is -2.09. The molecule has 1 aromatic carbocycles. The lowest BCUT2D eigenvalue weighted by atomic mass is 10.0.